The van der Waals surface area contributed by atoms with E-state index in [2.05, 4.69) is 15.9 Å². The number of ketones is 1. The van der Waals surface area contributed by atoms with E-state index in [1.807, 2.05) is 24.3 Å². The van der Waals surface area contributed by atoms with Crippen LogP contribution in [0.2, 0.25) is 0 Å². The lowest BCUT2D eigenvalue weighted by Gasteiger charge is -2.03. The van der Waals surface area contributed by atoms with Gasteiger partial charge in [0, 0.05) is 10.9 Å². The maximum absolute atomic E-state index is 11.3. The summed E-state index contributed by atoms with van der Waals surface area (Å²) < 4.78 is 1.02. The molecule has 0 saturated carbocycles. The molecule has 0 bridgehead atoms. The summed E-state index contributed by atoms with van der Waals surface area (Å²) in [5, 5.41) is 0. The molecule has 1 aromatic carbocycles. The van der Waals surface area contributed by atoms with Gasteiger partial charge in [0.1, 0.15) is 0 Å². The second kappa shape index (κ2) is 4.53. The van der Waals surface area contributed by atoms with Gasteiger partial charge in [-0.15, -0.1) is 0 Å². The SMILES string of the molecule is CC(N)C(=O)Cc1ccc(Br)cc1. The van der Waals surface area contributed by atoms with Crippen molar-refractivity contribution in [3.8, 4) is 0 Å². The molecule has 3 heteroatoms. The van der Waals surface area contributed by atoms with Gasteiger partial charge in [-0.2, -0.15) is 0 Å². The normalized spacial score (nSPS) is 12.5. The molecule has 70 valence electrons. The highest BCUT2D eigenvalue weighted by atomic mass is 79.9. The Kier molecular flexibility index (Phi) is 3.63. The molecule has 0 heterocycles. The maximum atomic E-state index is 11.3. The zero-order valence-electron chi connectivity index (χ0n) is 7.46. The Balaban J connectivity index is 2.65. The van der Waals surface area contributed by atoms with Gasteiger partial charge in [0.2, 0.25) is 0 Å². The predicted octanol–water partition coefficient (Wildman–Crippen LogP) is 1.91. The van der Waals surface area contributed by atoms with Gasteiger partial charge in [-0.25, -0.2) is 0 Å². The van der Waals surface area contributed by atoms with Crippen molar-refractivity contribution < 1.29 is 4.79 Å². The molecule has 1 aromatic rings. The Morgan fingerprint density at radius 1 is 1.46 bits per heavy atom. The van der Waals surface area contributed by atoms with E-state index in [9.17, 15) is 4.79 Å². The minimum atomic E-state index is -0.372. The molecule has 0 aliphatic heterocycles. The standard InChI is InChI=1S/C10H12BrNO/c1-7(12)10(13)6-8-2-4-9(11)5-3-8/h2-5,7H,6,12H2,1H3. The lowest BCUT2D eigenvalue weighted by Crippen LogP contribution is -2.28. The van der Waals surface area contributed by atoms with Crippen LogP contribution in [0.25, 0.3) is 0 Å². The summed E-state index contributed by atoms with van der Waals surface area (Å²) in [7, 11) is 0. The molecule has 2 N–H and O–H groups in total. The first kappa shape index (κ1) is 10.4. The van der Waals surface area contributed by atoms with Gasteiger partial charge >= 0.3 is 0 Å². The monoisotopic (exact) mass is 241 g/mol. The molecule has 1 rings (SSSR count). The number of halogens is 1. The zero-order valence-corrected chi connectivity index (χ0v) is 9.04. The number of rotatable bonds is 3. The third kappa shape index (κ3) is 3.28. The second-order valence-corrected chi connectivity index (χ2v) is 3.97. The molecule has 1 atom stereocenters. The molecule has 0 saturated heterocycles. The van der Waals surface area contributed by atoms with E-state index in [4.69, 9.17) is 5.73 Å². The average molecular weight is 242 g/mol. The first-order chi connectivity index (χ1) is 6.09. The number of Topliss-reactive ketones (excluding diaryl/α,β-unsaturated/α-hetero) is 1. The van der Waals surface area contributed by atoms with Crippen LogP contribution in [0.1, 0.15) is 12.5 Å². The third-order valence-corrected chi connectivity index (χ3v) is 2.33. The van der Waals surface area contributed by atoms with Crippen molar-refractivity contribution >= 4 is 21.7 Å². The summed E-state index contributed by atoms with van der Waals surface area (Å²) in [6, 6.07) is 7.31. The number of hydrogen-bond donors (Lipinski definition) is 1. The number of hydrogen-bond acceptors (Lipinski definition) is 2. The summed E-state index contributed by atoms with van der Waals surface area (Å²) in [4.78, 5) is 11.3. The minimum Gasteiger partial charge on any atom is -0.322 e. The number of carbonyl (C=O) groups excluding carboxylic acids is 1. The summed E-state index contributed by atoms with van der Waals surface area (Å²) in [5.74, 6) is 0.0716. The van der Waals surface area contributed by atoms with Crippen molar-refractivity contribution in [3.05, 3.63) is 34.3 Å². The largest absolute Gasteiger partial charge is 0.322 e. The van der Waals surface area contributed by atoms with E-state index in [1.54, 1.807) is 6.92 Å². The maximum Gasteiger partial charge on any atom is 0.153 e. The van der Waals surface area contributed by atoms with Crippen LogP contribution < -0.4 is 5.73 Å². The van der Waals surface area contributed by atoms with E-state index in [0.29, 0.717) is 6.42 Å². The van der Waals surface area contributed by atoms with Crippen LogP contribution in [0.15, 0.2) is 28.7 Å². The van der Waals surface area contributed by atoms with Gasteiger partial charge in [-0.3, -0.25) is 4.79 Å². The predicted molar refractivity (Wildman–Crippen MR) is 56.5 cm³/mol. The molecule has 0 aromatic heterocycles. The van der Waals surface area contributed by atoms with E-state index < -0.39 is 0 Å². The van der Waals surface area contributed by atoms with Crippen LogP contribution in [0.5, 0.6) is 0 Å². The quantitative estimate of drug-likeness (QED) is 0.879. The fourth-order valence-electron chi connectivity index (χ4n) is 0.964. The highest BCUT2D eigenvalue weighted by Crippen LogP contribution is 2.11. The minimum absolute atomic E-state index is 0.0716. The fourth-order valence-corrected chi connectivity index (χ4v) is 1.23. The molecule has 0 spiro atoms. The Hall–Kier alpha value is -0.670. The molecule has 2 nitrogen and oxygen atoms in total. The topological polar surface area (TPSA) is 43.1 Å². The molecule has 0 amide bonds. The van der Waals surface area contributed by atoms with Gasteiger partial charge in [0.15, 0.2) is 5.78 Å². The fraction of sp³-hybridized carbons (Fsp3) is 0.300. The molecule has 0 aliphatic carbocycles. The van der Waals surface area contributed by atoms with E-state index in [1.165, 1.54) is 0 Å². The smallest absolute Gasteiger partial charge is 0.153 e. The molecular formula is C10H12BrNO. The molecule has 0 aliphatic rings. The van der Waals surface area contributed by atoms with Crippen molar-refractivity contribution in [1.29, 1.82) is 0 Å². The van der Waals surface area contributed by atoms with E-state index in [0.717, 1.165) is 10.0 Å². The van der Waals surface area contributed by atoms with Crippen LogP contribution in [0.4, 0.5) is 0 Å². The molecule has 0 fully saturated rings. The van der Waals surface area contributed by atoms with E-state index in [-0.39, 0.29) is 11.8 Å². The average Bonchev–Trinajstić information content (AvgIpc) is 2.08. The van der Waals surface area contributed by atoms with Crippen molar-refractivity contribution in [1.82, 2.24) is 0 Å². The van der Waals surface area contributed by atoms with Crippen LogP contribution >= 0.6 is 15.9 Å². The Labute approximate surface area is 86.3 Å². The van der Waals surface area contributed by atoms with Crippen molar-refractivity contribution in [2.75, 3.05) is 0 Å². The summed E-state index contributed by atoms with van der Waals surface area (Å²) in [5.41, 5.74) is 6.46. The number of carbonyl (C=O) groups is 1. The first-order valence-corrected chi connectivity index (χ1v) is 4.91. The van der Waals surface area contributed by atoms with Crippen LogP contribution in [-0.4, -0.2) is 11.8 Å². The molecule has 13 heavy (non-hydrogen) atoms. The van der Waals surface area contributed by atoms with Crippen molar-refractivity contribution in [3.63, 3.8) is 0 Å². The summed E-state index contributed by atoms with van der Waals surface area (Å²) in [6.07, 6.45) is 0.422. The molecular weight excluding hydrogens is 230 g/mol. The molecule has 0 radical (unpaired) electrons. The Morgan fingerprint density at radius 2 is 2.00 bits per heavy atom. The van der Waals surface area contributed by atoms with Gasteiger partial charge in [-0.1, -0.05) is 28.1 Å². The van der Waals surface area contributed by atoms with Crippen molar-refractivity contribution in [2.45, 2.75) is 19.4 Å². The first-order valence-electron chi connectivity index (χ1n) is 4.12. The number of nitrogens with two attached hydrogens (primary N) is 1. The van der Waals surface area contributed by atoms with E-state index >= 15 is 0 Å². The highest BCUT2D eigenvalue weighted by Gasteiger charge is 2.07. The van der Waals surface area contributed by atoms with Crippen molar-refractivity contribution in [2.24, 2.45) is 5.73 Å². The van der Waals surface area contributed by atoms with Gasteiger partial charge in [-0.05, 0) is 24.6 Å². The Bertz CT molecular complexity index is 292. The molecule has 1 unspecified atom stereocenters. The van der Waals surface area contributed by atoms with Gasteiger partial charge in [0.25, 0.3) is 0 Å². The highest BCUT2D eigenvalue weighted by molar-refractivity contribution is 9.10. The van der Waals surface area contributed by atoms with Crippen LogP contribution in [-0.2, 0) is 11.2 Å². The zero-order chi connectivity index (χ0) is 9.84. The van der Waals surface area contributed by atoms with Gasteiger partial charge < -0.3 is 5.73 Å². The van der Waals surface area contributed by atoms with Crippen LogP contribution in [0.3, 0.4) is 0 Å². The second-order valence-electron chi connectivity index (χ2n) is 3.06. The van der Waals surface area contributed by atoms with Crippen LogP contribution in [0, 0.1) is 0 Å². The van der Waals surface area contributed by atoms with Gasteiger partial charge in [0.05, 0.1) is 6.04 Å². The summed E-state index contributed by atoms with van der Waals surface area (Å²) >= 11 is 3.33. The lowest BCUT2D eigenvalue weighted by atomic mass is 10.1. The Morgan fingerprint density at radius 3 is 2.46 bits per heavy atom. The lowest BCUT2D eigenvalue weighted by molar-refractivity contribution is -0.119. The summed E-state index contributed by atoms with van der Waals surface area (Å²) in [6.45, 7) is 1.71. The third-order valence-electron chi connectivity index (χ3n) is 1.80. The number of benzene rings is 1.